The van der Waals surface area contributed by atoms with Crippen molar-refractivity contribution in [3.05, 3.63) is 62.0 Å². The molecule has 2 aromatic heterocycles. The molecule has 0 spiro atoms. The monoisotopic (exact) mass is 385 g/mol. The van der Waals surface area contributed by atoms with E-state index in [2.05, 4.69) is 15.3 Å². The van der Waals surface area contributed by atoms with Crippen LogP contribution in [0.25, 0.3) is 10.2 Å². The summed E-state index contributed by atoms with van der Waals surface area (Å²) < 4.78 is 5.12. The van der Waals surface area contributed by atoms with E-state index in [1.54, 1.807) is 7.11 Å². The number of nitrogens with zero attached hydrogens (tertiary/aromatic N) is 1. The van der Waals surface area contributed by atoms with Crippen LogP contribution in [0.15, 0.2) is 29.1 Å². The number of carbonyl (C=O) groups excluding carboxylic acids is 1. The van der Waals surface area contributed by atoms with E-state index in [1.165, 1.54) is 11.3 Å². The van der Waals surface area contributed by atoms with Crippen LogP contribution in [-0.2, 0) is 29.1 Å². The van der Waals surface area contributed by atoms with Gasteiger partial charge in [0.2, 0.25) is 5.91 Å². The fourth-order valence-corrected chi connectivity index (χ4v) is 3.98. The summed E-state index contributed by atoms with van der Waals surface area (Å²) in [5.74, 6) is 0.472. The quantitative estimate of drug-likeness (QED) is 0.655. The highest BCUT2D eigenvalue weighted by molar-refractivity contribution is 7.18. The molecule has 0 aliphatic heterocycles. The number of rotatable bonds is 7. The number of H-pyrrole nitrogens is 1. The Morgan fingerprint density at radius 2 is 2.07 bits per heavy atom. The number of methoxy groups -OCH3 is 1. The average molecular weight is 385 g/mol. The molecule has 0 unspecified atom stereocenters. The number of fused-ring (bicyclic) bond motifs is 1. The zero-order valence-electron chi connectivity index (χ0n) is 15.7. The van der Waals surface area contributed by atoms with Crippen molar-refractivity contribution in [1.29, 1.82) is 0 Å². The molecule has 0 aliphatic rings. The standard InChI is InChI=1S/C20H23N3O3S/c1-12-13(2)27-20-18(12)19(25)22-16(23-20)7-8-17(24)21-10-14-5-4-6-15(9-14)11-26-3/h4-6,9H,7-8,10-11H2,1-3H3,(H,21,24)(H,22,23,25). The van der Waals surface area contributed by atoms with Crippen LogP contribution in [0.5, 0.6) is 0 Å². The maximum Gasteiger partial charge on any atom is 0.259 e. The predicted molar refractivity (Wildman–Crippen MR) is 107 cm³/mol. The Kier molecular flexibility index (Phi) is 6.03. The molecule has 3 rings (SSSR count). The van der Waals surface area contributed by atoms with Crippen LogP contribution in [0.2, 0.25) is 0 Å². The first-order chi connectivity index (χ1) is 13.0. The number of aryl methyl sites for hydroxylation is 3. The second-order valence-electron chi connectivity index (χ2n) is 6.51. The molecule has 0 aliphatic carbocycles. The van der Waals surface area contributed by atoms with Gasteiger partial charge in [0.1, 0.15) is 10.7 Å². The predicted octanol–water partition coefficient (Wildman–Crippen LogP) is 3.00. The molecule has 1 aromatic carbocycles. The molecule has 3 aromatic rings. The number of carbonyl (C=O) groups is 1. The Morgan fingerprint density at radius 1 is 1.30 bits per heavy atom. The lowest BCUT2D eigenvalue weighted by molar-refractivity contribution is -0.121. The van der Waals surface area contributed by atoms with Gasteiger partial charge in [-0.1, -0.05) is 24.3 Å². The highest BCUT2D eigenvalue weighted by atomic mass is 32.1. The lowest BCUT2D eigenvalue weighted by Crippen LogP contribution is -2.23. The van der Waals surface area contributed by atoms with Crippen molar-refractivity contribution in [2.24, 2.45) is 0 Å². The number of aromatic nitrogens is 2. The van der Waals surface area contributed by atoms with Crippen LogP contribution >= 0.6 is 11.3 Å². The largest absolute Gasteiger partial charge is 0.380 e. The molecule has 0 atom stereocenters. The van der Waals surface area contributed by atoms with E-state index in [4.69, 9.17) is 4.74 Å². The van der Waals surface area contributed by atoms with Gasteiger partial charge < -0.3 is 15.0 Å². The molecular formula is C20H23N3O3S. The number of thiophene rings is 1. The summed E-state index contributed by atoms with van der Waals surface area (Å²) in [5, 5.41) is 3.56. The second-order valence-corrected chi connectivity index (χ2v) is 7.71. The van der Waals surface area contributed by atoms with Gasteiger partial charge in [-0.05, 0) is 30.5 Å². The third-order valence-corrected chi connectivity index (χ3v) is 5.57. The average Bonchev–Trinajstić information content (AvgIpc) is 2.93. The summed E-state index contributed by atoms with van der Waals surface area (Å²) in [6.45, 7) is 4.92. The molecule has 27 heavy (non-hydrogen) atoms. The van der Waals surface area contributed by atoms with E-state index >= 15 is 0 Å². The minimum absolute atomic E-state index is 0.0755. The van der Waals surface area contributed by atoms with Crippen molar-refractivity contribution in [2.45, 2.75) is 39.8 Å². The van der Waals surface area contributed by atoms with Gasteiger partial charge in [-0.2, -0.15) is 0 Å². The van der Waals surface area contributed by atoms with Gasteiger partial charge in [-0.3, -0.25) is 9.59 Å². The number of hydrogen-bond donors (Lipinski definition) is 2. The summed E-state index contributed by atoms with van der Waals surface area (Å²) in [6.07, 6.45) is 0.673. The Hall–Kier alpha value is -2.51. The fraction of sp³-hybridized carbons (Fsp3) is 0.350. The highest BCUT2D eigenvalue weighted by Gasteiger charge is 2.12. The number of nitrogens with one attached hydrogen (secondary N) is 2. The lowest BCUT2D eigenvalue weighted by Gasteiger charge is -2.07. The van der Waals surface area contributed by atoms with Crippen LogP contribution in [0.4, 0.5) is 0 Å². The van der Waals surface area contributed by atoms with Crippen molar-refractivity contribution in [3.8, 4) is 0 Å². The molecule has 2 heterocycles. The molecule has 0 bridgehead atoms. The third-order valence-electron chi connectivity index (χ3n) is 4.47. The first-order valence-electron chi connectivity index (χ1n) is 8.80. The topological polar surface area (TPSA) is 84.1 Å². The van der Waals surface area contributed by atoms with Crippen molar-refractivity contribution in [1.82, 2.24) is 15.3 Å². The Bertz CT molecular complexity index is 1020. The third kappa shape index (κ3) is 4.61. The maximum atomic E-state index is 12.3. The van der Waals surface area contributed by atoms with Crippen LogP contribution in [0.1, 0.15) is 33.8 Å². The Balaban J connectivity index is 1.58. The van der Waals surface area contributed by atoms with Crippen molar-refractivity contribution < 1.29 is 9.53 Å². The molecule has 2 N–H and O–H groups in total. The fourth-order valence-electron chi connectivity index (χ4n) is 2.93. The van der Waals surface area contributed by atoms with Gasteiger partial charge in [0.05, 0.1) is 12.0 Å². The normalized spacial score (nSPS) is 11.1. The van der Waals surface area contributed by atoms with Gasteiger partial charge in [0.15, 0.2) is 0 Å². The molecular weight excluding hydrogens is 362 g/mol. The van der Waals surface area contributed by atoms with Gasteiger partial charge in [-0.15, -0.1) is 11.3 Å². The van der Waals surface area contributed by atoms with Gasteiger partial charge in [0.25, 0.3) is 5.56 Å². The Labute approximate surface area is 161 Å². The zero-order chi connectivity index (χ0) is 19.4. The van der Waals surface area contributed by atoms with Crippen LogP contribution in [0, 0.1) is 13.8 Å². The van der Waals surface area contributed by atoms with Gasteiger partial charge >= 0.3 is 0 Å². The number of aromatic amines is 1. The van der Waals surface area contributed by atoms with Gasteiger partial charge in [-0.25, -0.2) is 4.98 Å². The lowest BCUT2D eigenvalue weighted by atomic mass is 10.1. The van der Waals surface area contributed by atoms with E-state index in [1.807, 2.05) is 38.1 Å². The summed E-state index contributed by atoms with van der Waals surface area (Å²) in [5.41, 5.74) is 2.94. The van der Waals surface area contributed by atoms with Crippen molar-refractivity contribution in [3.63, 3.8) is 0 Å². The molecule has 7 heteroatoms. The zero-order valence-corrected chi connectivity index (χ0v) is 16.5. The number of hydrogen-bond acceptors (Lipinski definition) is 5. The maximum absolute atomic E-state index is 12.3. The first-order valence-corrected chi connectivity index (χ1v) is 9.62. The van der Waals surface area contributed by atoms with Crippen molar-refractivity contribution in [2.75, 3.05) is 7.11 Å². The van der Waals surface area contributed by atoms with E-state index in [-0.39, 0.29) is 17.9 Å². The van der Waals surface area contributed by atoms with Crippen LogP contribution < -0.4 is 10.9 Å². The summed E-state index contributed by atoms with van der Waals surface area (Å²) in [6, 6.07) is 7.91. The second kappa shape index (κ2) is 8.45. The SMILES string of the molecule is COCc1cccc(CNC(=O)CCc2nc3sc(C)c(C)c3c(=O)[nH]2)c1. The van der Waals surface area contributed by atoms with Crippen LogP contribution in [0.3, 0.4) is 0 Å². The number of benzene rings is 1. The molecule has 1 amide bonds. The summed E-state index contributed by atoms with van der Waals surface area (Å²) in [7, 11) is 1.66. The van der Waals surface area contributed by atoms with E-state index in [9.17, 15) is 9.59 Å². The minimum Gasteiger partial charge on any atom is -0.380 e. The summed E-state index contributed by atoms with van der Waals surface area (Å²) >= 11 is 1.51. The van der Waals surface area contributed by atoms with E-state index in [0.717, 1.165) is 26.4 Å². The highest BCUT2D eigenvalue weighted by Crippen LogP contribution is 2.25. The molecule has 0 fully saturated rings. The molecule has 0 saturated heterocycles. The number of amides is 1. The molecule has 0 radical (unpaired) electrons. The first kappa shape index (κ1) is 19.3. The Morgan fingerprint density at radius 3 is 2.85 bits per heavy atom. The van der Waals surface area contributed by atoms with E-state index < -0.39 is 0 Å². The molecule has 6 nitrogen and oxygen atoms in total. The minimum atomic E-state index is -0.132. The van der Waals surface area contributed by atoms with E-state index in [0.29, 0.717) is 30.8 Å². The molecule has 142 valence electrons. The number of ether oxygens (including phenoxy) is 1. The summed E-state index contributed by atoms with van der Waals surface area (Å²) in [4.78, 5) is 33.6. The smallest absolute Gasteiger partial charge is 0.259 e. The van der Waals surface area contributed by atoms with Crippen LogP contribution in [-0.4, -0.2) is 23.0 Å². The van der Waals surface area contributed by atoms with Crippen molar-refractivity contribution >= 4 is 27.5 Å². The molecule has 0 saturated carbocycles. The van der Waals surface area contributed by atoms with Gasteiger partial charge in [0, 0.05) is 31.4 Å².